The Bertz CT molecular complexity index is 1050. The van der Waals surface area contributed by atoms with Crippen LogP contribution in [0.2, 0.25) is 0 Å². The molecule has 0 saturated heterocycles. The van der Waals surface area contributed by atoms with Gasteiger partial charge in [-0.05, 0) is 24.3 Å². The van der Waals surface area contributed by atoms with Gasteiger partial charge in [0.15, 0.2) is 9.84 Å². The average Bonchev–Trinajstić information content (AvgIpc) is 3.19. The maximum atomic E-state index is 12.7. The van der Waals surface area contributed by atoms with E-state index in [0.717, 1.165) is 17.1 Å². The summed E-state index contributed by atoms with van der Waals surface area (Å²) >= 11 is 1.33. The predicted octanol–water partition coefficient (Wildman–Crippen LogP) is 3.66. The minimum absolute atomic E-state index is 0.108. The number of fused-ring (bicyclic) bond motifs is 1. The van der Waals surface area contributed by atoms with Gasteiger partial charge in [0.2, 0.25) is 0 Å². The number of methoxy groups -OCH3 is 1. The third-order valence-corrected chi connectivity index (χ3v) is 6.90. The number of sulfone groups is 1. The highest BCUT2D eigenvalue weighted by Crippen LogP contribution is 2.39. The number of thiazole rings is 1. The number of anilines is 2. The molecule has 0 bridgehead atoms. The number of rotatable bonds is 5. The quantitative estimate of drug-likeness (QED) is 0.649. The van der Waals surface area contributed by atoms with Gasteiger partial charge in [-0.2, -0.15) is 0 Å². The van der Waals surface area contributed by atoms with Crippen LogP contribution in [-0.4, -0.2) is 33.7 Å². The third kappa shape index (κ3) is 3.63. The summed E-state index contributed by atoms with van der Waals surface area (Å²) in [6.45, 7) is 1.14. The van der Waals surface area contributed by atoms with Crippen molar-refractivity contribution in [1.29, 1.82) is 0 Å². The van der Waals surface area contributed by atoms with Crippen molar-refractivity contribution in [2.45, 2.75) is 10.6 Å². The summed E-state index contributed by atoms with van der Waals surface area (Å²) in [6.07, 6.45) is 1.61. The fraction of sp³-hybridized carbons (Fsp3) is 0.211. The Hall–Kier alpha value is -2.58. The van der Waals surface area contributed by atoms with Gasteiger partial charge in [0, 0.05) is 29.4 Å². The number of hydrogen-bond acceptors (Lipinski definition) is 7. The van der Waals surface area contributed by atoms with Crippen LogP contribution < -0.4 is 14.4 Å². The molecule has 0 fully saturated rings. The van der Waals surface area contributed by atoms with Crippen LogP contribution in [0.15, 0.2) is 58.9 Å². The summed E-state index contributed by atoms with van der Waals surface area (Å²) in [6, 6.07) is 12.8. The summed E-state index contributed by atoms with van der Waals surface area (Å²) in [7, 11) is -1.85. The fourth-order valence-corrected chi connectivity index (χ4v) is 5.28. The van der Waals surface area contributed by atoms with Crippen molar-refractivity contribution < 1.29 is 17.9 Å². The van der Waals surface area contributed by atoms with E-state index in [4.69, 9.17) is 9.47 Å². The predicted molar refractivity (Wildman–Crippen MR) is 105 cm³/mol. The Morgan fingerprint density at radius 3 is 2.93 bits per heavy atom. The van der Waals surface area contributed by atoms with Gasteiger partial charge in [0.05, 0.1) is 24.2 Å². The molecule has 0 N–H and O–H groups in total. The van der Waals surface area contributed by atoms with Crippen molar-refractivity contribution in [3.8, 4) is 11.5 Å². The first kappa shape index (κ1) is 17.8. The van der Waals surface area contributed by atoms with Crippen molar-refractivity contribution in [2.24, 2.45) is 0 Å². The minimum atomic E-state index is -3.48. The van der Waals surface area contributed by atoms with Gasteiger partial charge in [-0.25, -0.2) is 13.4 Å². The molecule has 140 valence electrons. The molecule has 0 amide bonds. The third-order valence-electron chi connectivity index (χ3n) is 4.32. The Morgan fingerprint density at radius 1 is 1.26 bits per heavy atom. The summed E-state index contributed by atoms with van der Waals surface area (Å²) in [5.41, 5.74) is 1.81. The second-order valence-corrected chi connectivity index (χ2v) is 8.98. The molecule has 0 saturated carbocycles. The van der Waals surface area contributed by atoms with E-state index < -0.39 is 9.84 Å². The number of ether oxygens (including phenoxy) is 2. The lowest BCUT2D eigenvalue weighted by Gasteiger charge is -2.31. The molecular formula is C19H18N2O4S2. The van der Waals surface area contributed by atoms with E-state index in [9.17, 15) is 8.42 Å². The van der Waals surface area contributed by atoms with Crippen molar-refractivity contribution >= 4 is 32.5 Å². The van der Waals surface area contributed by atoms with Crippen molar-refractivity contribution in [3.63, 3.8) is 0 Å². The minimum Gasteiger partial charge on any atom is -0.497 e. The Morgan fingerprint density at radius 2 is 2.15 bits per heavy atom. The molecule has 1 aliphatic rings. The molecule has 0 spiro atoms. The molecule has 3 aromatic rings. The molecule has 0 radical (unpaired) electrons. The van der Waals surface area contributed by atoms with Gasteiger partial charge in [-0.1, -0.05) is 6.07 Å². The van der Waals surface area contributed by atoms with Crippen LogP contribution in [0, 0.1) is 0 Å². The van der Waals surface area contributed by atoms with Crippen LogP contribution in [-0.2, 0) is 15.6 Å². The van der Waals surface area contributed by atoms with E-state index in [-0.39, 0.29) is 10.6 Å². The van der Waals surface area contributed by atoms with E-state index in [1.54, 1.807) is 36.9 Å². The summed E-state index contributed by atoms with van der Waals surface area (Å²) in [4.78, 5) is 6.41. The number of hydrogen-bond donors (Lipinski definition) is 0. The van der Waals surface area contributed by atoms with E-state index in [1.165, 1.54) is 11.3 Å². The van der Waals surface area contributed by atoms with E-state index in [1.807, 2.05) is 24.3 Å². The fourth-order valence-electron chi connectivity index (χ4n) is 3.01. The first-order chi connectivity index (χ1) is 13.1. The monoisotopic (exact) mass is 402 g/mol. The van der Waals surface area contributed by atoms with Crippen LogP contribution in [0.3, 0.4) is 0 Å². The Balaban J connectivity index is 1.67. The highest BCUT2D eigenvalue weighted by Gasteiger charge is 2.24. The molecule has 1 aliphatic heterocycles. The lowest BCUT2D eigenvalue weighted by atomic mass is 10.2. The molecule has 6 nitrogen and oxygen atoms in total. The van der Waals surface area contributed by atoms with Crippen LogP contribution in [0.4, 0.5) is 11.4 Å². The normalized spacial score (nSPS) is 13.7. The number of nitrogens with zero attached hydrogens (tertiary/aromatic N) is 2. The van der Waals surface area contributed by atoms with Crippen molar-refractivity contribution in [2.75, 3.05) is 25.2 Å². The van der Waals surface area contributed by atoms with Crippen LogP contribution in [0.1, 0.15) is 5.01 Å². The first-order valence-corrected chi connectivity index (χ1v) is 10.9. The maximum Gasteiger partial charge on any atom is 0.185 e. The highest BCUT2D eigenvalue weighted by atomic mass is 32.2. The molecule has 8 heteroatoms. The molecule has 2 heterocycles. The zero-order valence-electron chi connectivity index (χ0n) is 14.7. The van der Waals surface area contributed by atoms with Gasteiger partial charge < -0.3 is 14.4 Å². The molecular weight excluding hydrogens is 384 g/mol. The molecule has 0 aliphatic carbocycles. The topological polar surface area (TPSA) is 68.7 Å². The summed E-state index contributed by atoms with van der Waals surface area (Å²) < 4.78 is 36.5. The van der Waals surface area contributed by atoms with Gasteiger partial charge in [0.25, 0.3) is 0 Å². The van der Waals surface area contributed by atoms with Gasteiger partial charge in [-0.15, -0.1) is 11.3 Å². The number of benzene rings is 2. The van der Waals surface area contributed by atoms with E-state index in [2.05, 4.69) is 9.88 Å². The lowest BCUT2D eigenvalue weighted by molar-refractivity contribution is 0.313. The smallest absolute Gasteiger partial charge is 0.185 e. The zero-order chi connectivity index (χ0) is 18.9. The summed E-state index contributed by atoms with van der Waals surface area (Å²) in [5.74, 6) is 1.22. The van der Waals surface area contributed by atoms with Gasteiger partial charge in [0.1, 0.15) is 28.9 Å². The van der Waals surface area contributed by atoms with E-state index >= 15 is 0 Å². The maximum absolute atomic E-state index is 12.7. The van der Waals surface area contributed by atoms with E-state index in [0.29, 0.717) is 23.9 Å². The van der Waals surface area contributed by atoms with Crippen molar-refractivity contribution in [1.82, 2.24) is 4.98 Å². The molecule has 0 unspecified atom stereocenters. The van der Waals surface area contributed by atoms with Gasteiger partial charge >= 0.3 is 0 Å². The van der Waals surface area contributed by atoms with Crippen LogP contribution >= 0.6 is 11.3 Å². The van der Waals surface area contributed by atoms with Crippen LogP contribution in [0.25, 0.3) is 0 Å². The molecule has 4 rings (SSSR count). The molecule has 0 atom stereocenters. The number of aromatic nitrogens is 1. The second kappa shape index (κ2) is 7.21. The largest absolute Gasteiger partial charge is 0.497 e. The molecule has 2 aromatic carbocycles. The highest BCUT2D eigenvalue weighted by molar-refractivity contribution is 7.90. The average molecular weight is 402 g/mol. The SMILES string of the molecule is COc1cccc(N2CCOc3cc(S(=O)(=O)Cc4nccs4)ccc32)c1. The van der Waals surface area contributed by atoms with Gasteiger partial charge in [-0.3, -0.25) is 0 Å². The van der Waals surface area contributed by atoms with Crippen molar-refractivity contribution in [3.05, 3.63) is 59.0 Å². The molecule has 27 heavy (non-hydrogen) atoms. The Labute approximate surface area is 161 Å². The lowest BCUT2D eigenvalue weighted by Crippen LogP contribution is -2.28. The summed E-state index contributed by atoms with van der Waals surface area (Å²) in [5, 5.41) is 2.35. The van der Waals surface area contributed by atoms with Crippen LogP contribution in [0.5, 0.6) is 11.5 Å². The Kier molecular flexibility index (Phi) is 4.75. The first-order valence-electron chi connectivity index (χ1n) is 8.36. The second-order valence-electron chi connectivity index (χ2n) is 6.02. The standard InChI is InChI=1S/C19H18N2O4S2/c1-24-15-4-2-3-14(11-15)21-8-9-25-18-12-16(5-6-17(18)21)27(22,23)13-19-20-7-10-26-19/h2-7,10-12H,8-9,13H2,1H3. The molecule has 1 aromatic heterocycles. The zero-order valence-corrected chi connectivity index (χ0v) is 16.3.